The van der Waals surface area contributed by atoms with Crippen LogP contribution in [0.25, 0.3) is 0 Å². The summed E-state index contributed by atoms with van der Waals surface area (Å²) in [5.74, 6) is -0.469. The van der Waals surface area contributed by atoms with E-state index >= 15 is 0 Å². The minimum Gasteiger partial charge on any atom is -0.504 e. The minimum atomic E-state index is -1.48. The van der Waals surface area contributed by atoms with E-state index in [9.17, 15) is 25.5 Å². The molecule has 1 aliphatic rings. The van der Waals surface area contributed by atoms with E-state index in [0.717, 1.165) is 0 Å². The fourth-order valence-corrected chi connectivity index (χ4v) is 2.22. The number of phenols is 2. The van der Waals surface area contributed by atoms with Gasteiger partial charge in [0, 0.05) is 0 Å². The molecule has 0 radical (unpaired) electrons. The number of aliphatic hydroxyl groups excluding tert-OH is 4. The molecule has 1 fully saturated rings. The van der Waals surface area contributed by atoms with Crippen LogP contribution in [0.4, 0.5) is 0 Å². The quantitative estimate of drug-likeness (QED) is 0.359. The topological polar surface area (TPSA) is 140 Å². The third-order valence-electron chi connectivity index (χ3n) is 3.56. The van der Waals surface area contributed by atoms with Crippen molar-refractivity contribution >= 4 is 0 Å². The molecule has 1 heterocycles. The van der Waals surface area contributed by atoms with Gasteiger partial charge in [0.2, 0.25) is 0 Å². The van der Waals surface area contributed by atoms with E-state index in [4.69, 9.17) is 14.6 Å². The van der Waals surface area contributed by atoms with E-state index in [1.165, 1.54) is 12.1 Å². The lowest BCUT2D eigenvalue weighted by Gasteiger charge is -2.39. The Kier molecular flexibility index (Phi) is 5.57. The summed E-state index contributed by atoms with van der Waals surface area (Å²) in [5, 5.41) is 56.7. The molecule has 5 atom stereocenters. The first-order valence-electron chi connectivity index (χ1n) is 6.87. The van der Waals surface area contributed by atoms with Crippen LogP contribution in [-0.2, 0) is 15.9 Å². The Balaban J connectivity index is 1.88. The SMILES string of the molecule is OC[C@H]1O[C@H](OCCc2ccc(O)c(O)c2)[C@@H](O)[C@@H](O)[C@@H]1O. The van der Waals surface area contributed by atoms with Crippen molar-refractivity contribution in [3.05, 3.63) is 23.8 Å². The predicted octanol–water partition coefficient (Wildman–Crippen LogP) is -1.54. The van der Waals surface area contributed by atoms with Gasteiger partial charge < -0.3 is 40.1 Å². The van der Waals surface area contributed by atoms with Gasteiger partial charge in [-0.15, -0.1) is 0 Å². The van der Waals surface area contributed by atoms with Crippen LogP contribution in [0.2, 0.25) is 0 Å². The summed E-state index contributed by atoms with van der Waals surface area (Å²) in [6.45, 7) is -0.413. The highest BCUT2D eigenvalue weighted by molar-refractivity contribution is 5.40. The number of benzene rings is 1. The molecule has 0 unspecified atom stereocenters. The molecule has 0 saturated carbocycles. The highest BCUT2D eigenvalue weighted by Crippen LogP contribution is 2.25. The Hall–Kier alpha value is -1.42. The molecule has 6 N–H and O–H groups in total. The lowest BCUT2D eigenvalue weighted by atomic mass is 9.99. The van der Waals surface area contributed by atoms with Gasteiger partial charge in [-0.2, -0.15) is 0 Å². The van der Waals surface area contributed by atoms with E-state index in [1.807, 2.05) is 0 Å². The minimum absolute atomic E-state index is 0.104. The maximum Gasteiger partial charge on any atom is 0.186 e. The molecular formula is C14H20O8. The molecule has 8 heteroatoms. The molecule has 124 valence electrons. The molecular weight excluding hydrogens is 296 g/mol. The summed E-state index contributed by atoms with van der Waals surface area (Å²) in [7, 11) is 0. The van der Waals surface area contributed by atoms with Crippen LogP contribution >= 0.6 is 0 Å². The second kappa shape index (κ2) is 7.23. The maximum absolute atomic E-state index is 9.78. The van der Waals surface area contributed by atoms with E-state index in [0.29, 0.717) is 12.0 Å². The molecule has 1 aliphatic heterocycles. The van der Waals surface area contributed by atoms with E-state index in [2.05, 4.69) is 0 Å². The number of ether oxygens (including phenoxy) is 2. The van der Waals surface area contributed by atoms with Crippen molar-refractivity contribution in [3.63, 3.8) is 0 Å². The third-order valence-corrected chi connectivity index (χ3v) is 3.56. The summed E-state index contributed by atoms with van der Waals surface area (Å²) in [5.41, 5.74) is 0.694. The van der Waals surface area contributed by atoms with Crippen molar-refractivity contribution in [2.75, 3.05) is 13.2 Å². The Morgan fingerprint density at radius 3 is 2.36 bits per heavy atom. The van der Waals surface area contributed by atoms with Gasteiger partial charge in [-0.3, -0.25) is 0 Å². The Morgan fingerprint density at radius 2 is 1.73 bits per heavy atom. The zero-order valence-electron chi connectivity index (χ0n) is 11.7. The van der Waals surface area contributed by atoms with Gasteiger partial charge >= 0.3 is 0 Å². The van der Waals surface area contributed by atoms with Crippen molar-refractivity contribution in [1.29, 1.82) is 0 Å². The average Bonchev–Trinajstić information content (AvgIpc) is 2.51. The van der Waals surface area contributed by atoms with Gasteiger partial charge in [0.25, 0.3) is 0 Å². The summed E-state index contributed by atoms with van der Waals surface area (Å²) < 4.78 is 10.5. The molecule has 0 aromatic heterocycles. The van der Waals surface area contributed by atoms with Gasteiger partial charge in [0.1, 0.15) is 24.4 Å². The van der Waals surface area contributed by atoms with Crippen LogP contribution in [0.3, 0.4) is 0 Å². The molecule has 0 spiro atoms. The number of hydrogen-bond acceptors (Lipinski definition) is 8. The molecule has 1 aromatic carbocycles. The van der Waals surface area contributed by atoms with E-state index < -0.39 is 37.3 Å². The van der Waals surface area contributed by atoms with Crippen molar-refractivity contribution in [1.82, 2.24) is 0 Å². The van der Waals surface area contributed by atoms with Gasteiger partial charge in [0.05, 0.1) is 13.2 Å². The monoisotopic (exact) mass is 316 g/mol. The molecule has 1 aromatic rings. The van der Waals surface area contributed by atoms with E-state index in [-0.39, 0.29) is 18.1 Å². The van der Waals surface area contributed by atoms with Crippen LogP contribution < -0.4 is 0 Å². The molecule has 0 amide bonds. The second-order valence-corrected chi connectivity index (χ2v) is 5.14. The number of aromatic hydroxyl groups is 2. The standard InChI is InChI=1S/C14H20O8/c15-6-10-11(18)12(19)13(20)14(22-10)21-4-3-7-1-2-8(16)9(17)5-7/h1-2,5,10-20H,3-4,6H2/t10-,11-,12+,13+,14+/m1/s1. The Bertz CT molecular complexity index is 492. The lowest BCUT2D eigenvalue weighted by Crippen LogP contribution is -2.59. The van der Waals surface area contributed by atoms with Crippen LogP contribution in [0, 0.1) is 0 Å². The average molecular weight is 316 g/mol. The highest BCUT2D eigenvalue weighted by atomic mass is 16.7. The normalized spacial score (nSPS) is 32.1. The van der Waals surface area contributed by atoms with Gasteiger partial charge in [-0.05, 0) is 24.1 Å². The second-order valence-electron chi connectivity index (χ2n) is 5.14. The number of phenolic OH excluding ortho intramolecular Hbond substituents is 2. The molecule has 22 heavy (non-hydrogen) atoms. The smallest absolute Gasteiger partial charge is 0.186 e. The number of hydrogen-bond donors (Lipinski definition) is 6. The summed E-state index contributed by atoms with van der Waals surface area (Å²) in [6, 6.07) is 4.33. The van der Waals surface area contributed by atoms with Crippen LogP contribution in [0.15, 0.2) is 18.2 Å². The maximum atomic E-state index is 9.78. The Labute approximate surface area is 126 Å². The fraction of sp³-hybridized carbons (Fsp3) is 0.571. The summed E-state index contributed by atoms with van der Waals surface area (Å²) in [4.78, 5) is 0. The highest BCUT2D eigenvalue weighted by Gasteiger charge is 2.43. The molecule has 8 nitrogen and oxygen atoms in total. The van der Waals surface area contributed by atoms with Crippen LogP contribution in [-0.4, -0.2) is 74.6 Å². The molecule has 0 aliphatic carbocycles. The first-order chi connectivity index (χ1) is 10.4. The summed E-state index contributed by atoms with van der Waals surface area (Å²) in [6.07, 6.45) is -6.17. The third kappa shape index (κ3) is 3.67. The zero-order chi connectivity index (χ0) is 16.3. The van der Waals surface area contributed by atoms with Gasteiger partial charge in [-0.25, -0.2) is 0 Å². The van der Waals surface area contributed by atoms with Crippen molar-refractivity contribution < 1.29 is 40.1 Å². The zero-order valence-corrected chi connectivity index (χ0v) is 11.7. The number of rotatable bonds is 5. The molecule has 2 rings (SSSR count). The van der Waals surface area contributed by atoms with Gasteiger partial charge in [-0.1, -0.05) is 6.07 Å². The number of aliphatic hydroxyl groups is 4. The molecule has 0 bridgehead atoms. The lowest BCUT2D eigenvalue weighted by molar-refractivity contribution is -0.300. The van der Waals surface area contributed by atoms with E-state index in [1.54, 1.807) is 6.07 Å². The summed E-state index contributed by atoms with van der Waals surface area (Å²) >= 11 is 0. The van der Waals surface area contributed by atoms with Crippen molar-refractivity contribution in [2.24, 2.45) is 0 Å². The van der Waals surface area contributed by atoms with Gasteiger partial charge in [0.15, 0.2) is 17.8 Å². The molecule has 1 saturated heterocycles. The predicted molar refractivity (Wildman–Crippen MR) is 73.2 cm³/mol. The largest absolute Gasteiger partial charge is 0.504 e. The Morgan fingerprint density at radius 1 is 1.00 bits per heavy atom. The fourth-order valence-electron chi connectivity index (χ4n) is 2.22. The van der Waals surface area contributed by atoms with Crippen molar-refractivity contribution in [3.8, 4) is 11.5 Å². The van der Waals surface area contributed by atoms with Crippen LogP contribution in [0.1, 0.15) is 5.56 Å². The van der Waals surface area contributed by atoms with Crippen LogP contribution in [0.5, 0.6) is 11.5 Å². The first-order valence-corrected chi connectivity index (χ1v) is 6.87. The first kappa shape index (κ1) is 16.9. The van der Waals surface area contributed by atoms with Crippen molar-refractivity contribution in [2.45, 2.75) is 37.1 Å².